The van der Waals surface area contributed by atoms with E-state index in [1.807, 2.05) is 0 Å². The van der Waals surface area contributed by atoms with E-state index in [0.29, 0.717) is 0 Å². The molecule has 0 bridgehead atoms. The monoisotopic (exact) mass is 190 g/mol. The van der Waals surface area contributed by atoms with Crippen LogP contribution in [0.4, 0.5) is 0 Å². The lowest BCUT2D eigenvalue weighted by Crippen LogP contribution is -1.98. The molecule has 0 fully saturated rings. The molecule has 3 heteroatoms. The van der Waals surface area contributed by atoms with Crippen LogP contribution in [0.3, 0.4) is 0 Å². The molecule has 0 amide bonds. The van der Waals surface area contributed by atoms with Crippen LogP contribution < -0.4 is 0 Å². The van der Waals surface area contributed by atoms with E-state index in [-0.39, 0.29) is 12.6 Å². The summed E-state index contributed by atoms with van der Waals surface area (Å²) in [6.07, 6.45) is 2.80. The van der Waals surface area contributed by atoms with Crippen molar-refractivity contribution in [3.8, 4) is 0 Å². The first-order valence-corrected chi connectivity index (χ1v) is 3.27. The van der Waals surface area contributed by atoms with Crippen LogP contribution in [0.1, 0.15) is 0 Å². The van der Waals surface area contributed by atoms with Crippen LogP contribution in [-0.4, -0.2) is 12.6 Å². The van der Waals surface area contributed by atoms with Crippen LogP contribution in [-0.2, 0) is 9.53 Å². The Bertz CT molecular complexity index is 129. The fourth-order valence-corrected chi connectivity index (χ4v) is 0.456. The third-order valence-electron chi connectivity index (χ3n) is 0.543. The third-order valence-corrected chi connectivity index (χ3v) is 0.807. The van der Waals surface area contributed by atoms with Gasteiger partial charge in [0.2, 0.25) is 0 Å². The van der Waals surface area contributed by atoms with Crippen LogP contribution in [0.2, 0.25) is 0 Å². The van der Waals surface area contributed by atoms with Gasteiger partial charge < -0.3 is 4.74 Å². The SMILES string of the molecule is C=CCOC(=O)/C=C\Br. The number of esters is 1. The molecule has 0 aromatic heterocycles. The van der Waals surface area contributed by atoms with Crippen molar-refractivity contribution in [3.63, 3.8) is 0 Å². The van der Waals surface area contributed by atoms with Gasteiger partial charge in [-0.15, -0.1) is 0 Å². The largest absolute Gasteiger partial charge is 0.458 e. The van der Waals surface area contributed by atoms with E-state index >= 15 is 0 Å². The summed E-state index contributed by atoms with van der Waals surface area (Å²) in [5.41, 5.74) is 0. The van der Waals surface area contributed by atoms with Crippen LogP contribution >= 0.6 is 15.9 Å². The average molecular weight is 191 g/mol. The molecule has 0 spiro atoms. The summed E-state index contributed by atoms with van der Waals surface area (Å²) in [6, 6.07) is 0. The minimum absolute atomic E-state index is 0.260. The van der Waals surface area contributed by atoms with Gasteiger partial charge in [-0.25, -0.2) is 4.79 Å². The quantitative estimate of drug-likeness (QED) is 0.385. The van der Waals surface area contributed by atoms with Gasteiger partial charge in [0.1, 0.15) is 6.61 Å². The van der Waals surface area contributed by atoms with Crippen LogP contribution in [0, 0.1) is 0 Å². The highest BCUT2D eigenvalue weighted by Crippen LogP contribution is 1.85. The fourth-order valence-electron chi connectivity index (χ4n) is 0.241. The zero-order valence-corrected chi connectivity index (χ0v) is 6.43. The van der Waals surface area contributed by atoms with E-state index in [1.54, 1.807) is 0 Å². The minimum atomic E-state index is -0.369. The Balaban J connectivity index is 3.38. The summed E-state index contributed by atoms with van der Waals surface area (Å²) in [6.45, 7) is 3.64. The maximum atomic E-state index is 10.4. The van der Waals surface area contributed by atoms with Gasteiger partial charge in [-0.05, 0) is 4.99 Å². The van der Waals surface area contributed by atoms with Crippen molar-refractivity contribution in [3.05, 3.63) is 23.7 Å². The lowest BCUT2D eigenvalue weighted by atomic mass is 10.6. The lowest BCUT2D eigenvalue weighted by Gasteiger charge is -1.92. The van der Waals surface area contributed by atoms with Crippen molar-refractivity contribution in [1.82, 2.24) is 0 Å². The molecule has 50 valence electrons. The molecule has 2 nitrogen and oxygen atoms in total. The summed E-state index contributed by atoms with van der Waals surface area (Å²) >= 11 is 2.93. The lowest BCUT2D eigenvalue weighted by molar-refractivity contribution is -0.136. The Morgan fingerprint density at radius 3 is 2.89 bits per heavy atom. The van der Waals surface area contributed by atoms with E-state index in [0.717, 1.165) is 0 Å². The second kappa shape index (κ2) is 5.56. The molecule has 0 saturated heterocycles. The van der Waals surface area contributed by atoms with E-state index < -0.39 is 0 Å². The van der Waals surface area contributed by atoms with Crippen LogP contribution in [0.5, 0.6) is 0 Å². The highest BCUT2D eigenvalue weighted by Gasteiger charge is 1.90. The predicted octanol–water partition coefficient (Wildman–Crippen LogP) is 1.62. The van der Waals surface area contributed by atoms with Gasteiger partial charge in [0, 0.05) is 6.08 Å². The molecule has 0 aromatic rings. The van der Waals surface area contributed by atoms with Crippen molar-refractivity contribution < 1.29 is 9.53 Å². The second-order valence-electron chi connectivity index (χ2n) is 1.21. The molecule has 9 heavy (non-hydrogen) atoms. The Kier molecular flexibility index (Phi) is 5.21. The van der Waals surface area contributed by atoms with Crippen LogP contribution in [0.25, 0.3) is 0 Å². The fraction of sp³-hybridized carbons (Fsp3) is 0.167. The topological polar surface area (TPSA) is 26.3 Å². The number of hydrogen-bond acceptors (Lipinski definition) is 2. The first kappa shape index (κ1) is 8.43. The Labute approximate surface area is 62.3 Å². The number of halogens is 1. The first-order chi connectivity index (χ1) is 4.31. The summed E-state index contributed by atoms with van der Waals surface area (Å²) in [5, 5.41) is 0. The number of rotatable bonds is 3. The maximum Gasteiger partial charge on any atom is 0.331 e. The third kappa shape index (κ3) is 5.30. The molecule has 0 N–H and O–H groups in total. The molecule has 0 saturated carbocycles. The summed E-state index contributed by atoms with van der Waals surface area (Å²) in [7, 11) is 0. The van der Waals surface area contributed by atoms with Gasteiger partial charge in [0.15, 0.2) is 0 Å². The van der Waals surface area contributed by atoms with Crippen molar-refractivity contribution in [2.45, 2.75) is 0 Å². The molecule has 0 aromatic carbocycles. The molecule has 0 radical (unpaired) electrons. The molecule has 0 aliphatic heterocycles. The zero-order chi connectivity index (χ0) is 7.11. The van der Waals surface area contributed by atoms with E-state index in [1.165, 1.54) is 17.1 Å². The molecule has 0 heterocycles. The van der Waals surface area contributed by atoms with Gasteiger partial charge in [0.05, 0.1) is 0 Å². The molecular formula is C6H7BrO2. The first-order valence-electron chi connectivity index (χ1n) is 2.35. The normalized spacial score (nSPS) is 9.44. The standard InChI is InChI=1S/C6H7BrO2/c1-2-5-9-6(8)3-4-7/h2-4H,1,5H2/b4-3-. The van der Waals surface area contributed by atoms with Crippen molar-refractivity contribution in [2.24, 2.45) is 0 Å². The Morgan fingerprint density at radius 1 is 1.78 bits per heavy atom. The van der Waals surface area contributed by atoms with Gasteiger partial charge in [-0.3, -0.25) is 0 Å². The number of hydrogen-bond donors (Lipinski definition) is 0. The van der Waals surface area contributed by atoms with Gasteiger partial charge in [-0.2, -0.15) is 0 Å². The van der Waals surface area contributed by atoms with E-state index in [9.17, 15) is 4.79 Å². The van der Waals surface area contributed by atoms with E-state index in [4.69, 9.17) is 0 Å². The van der Waals surface area contributed by atoms with Crippen LogP contribution in [0.15, 0.2) is 23.7 Å². The van der Waals surface area contributed by atoms with Crippen molar-refractivity contribution in [1.29, 1.82) is 0 Å². The summed E-state index contributed by atoms with van der Waals surface area (Å²) in [4.78, 5) is 11.9. The molecule has 0 atom stereocenters. The van der Waals surface area contributed by atoms with E-state index in [2.05, 4.69) is 27.2 Å². The molecule has 0 rings (SSSR count). The van der Waals surface area contributed by atoms with Gasteiger partial charge in [0.25, 0.3) is 0 Å². The summed E-state index contributed by atoms with van der Waals surface area (Å²) in [5.74, 6) is -0.369. The Hall–Kier alpha value is -0.570. The highest BCUT2D eigenvalue weighted by molar-refractivity contribution is 9.11. The molecule has 0 aliphatic rings. The summed E-state index contributed by atoms with van der Waals surface area (Å²) < 4.78 is 4.56. The molecular weight excluding hydrogens is 184 g/mol. The number of ether oxygens (including phenoxy) is 1. The average Bonchev–Trinajstić information content (AvgIpc) is 1.85. The smallest absolute Gasteiger partial charge is 0.331 e. The van der Waals surface area contributed by atoms with Gasteiger partial charge >= 0.3 is 5.97 Å². The minimum Gasteiger partial charge on any atom is -0.458 e. The zero-order valence-electron chi connectivity index (χ0n) is 4.84. The number of carbonyl (C=O) groups excluding carboxylic acids is 1. The van der Waals surface area contributed by atoms with Gasteiger partial charge in [-0.1, -0.05) is 28.6 Å². The van der Waals surface area contributed by atoms with Crippen molar-refractivity contribution in [2.75, 3.05) is 6.61 Å². The predicted molar refractivity (Wildman–Crippen MR) is 39.2 cm³/mol. The Morgan fingerprint density at radius 2 is 2.44 bits per heavy atom. The van der Waals surface area contributed by atoms with Crippen molar-refractivity contribution >= 4 is 21.9 Å². The molecule has 0 unspecified atom stereocenters. The maximum absolute atomic E-state index is 10.4. The number of carbonyl (C=O) groups is 1. The highest BCUT2D eigenvalue weighted by atomic mass is 79.9. The second-order valence-corrected chi connectivity index (χ2v) is 1.74. The molecule has 0 aliphatic carbocycles.